The maximum absolute atomic E-state index is 12.2. The van der Waals surface area contributed by atoms with Gasteiger partial charge in [-0.3, -0.25) is 4.79 Å². The van der Waals surface area contributed by atoms with Crippen molar-refractivity contribution in [3.63, 3.8) is 0 Å². The quantitative estimate of drug-likeness (QED) is 0.852. The van der Waals surface area contributed by atoms with Crippen molar-refractivity contribution in [1.29, 1.82) is 5.26 Å². The number of rotatable bonds is 3. The first kappa shape index (κ1) is 13.7. The Hall–Kier alpha value is -1.73. The van der Waals surface area contributed by atoms with E-state index in [0.29, 0.717) is 23.7 Å². The van der Waals surface area contributed by atoms with Gasteiger partial charge < -0.3 is 9.64 Å². The van der Waals surface area contributed by atoms with Crippen LogP contribution in [-0.4, -0.2) is 30.5 Å². The van der Waals surface area contributed by atoms with Crippen molar-refractivity contribution in [2.24, 2.45) is 5.92 Å². The minimum Gasteiger partial charge on any atom is -0.480 e. The first-order chi connectivity index (χ1) is 9.01. The van der Waals surface area contributed by atoms with Gasteiger partial charge >= 0.3 is 0 Å². The third-order valence-electron chi connectivity index (χ3n) is 3.12. The summed E-state index contributed by atoms with van der Waals surface area (Å²) in [5.41, 5.74) is 0.951. The van der Waals surface area contributed by atoms with E-state index in [1.54, 1.807) is 31.0 Å². The predicted octanol–water partition coefficient (Wildman–Crippen LogP) is 2.26. The fourth-order valence-electron chi connectivity index (χ4n) is 2.14. The first-order valence-electron chi connectivity index (χ1n) is 6.11. The van der Waals surface area contributed by atoms with Crippen LogP contribution in [0.5, 0.6) is 5.75 Å². The molecule has 1 heterocycles. The summed E-state index contributed by atoms with van der Waals surface area (Å²) in [6.07, 6.45) is 0.0179. The molecule has 1 aromatic rings. The van der Waals surface area contributed by atoms with Crippen LogP contribution >= 0.6 is 11.6 Å². The molecule has 0 bridgehead atoms. The van der Waals surface area contributed by atoms with E-state index in [1.165, 1.54) is 0 Å². The predicted molar refractivity (Wildman–Crippen MR) is 72.0 cm³/mol. The van der Waals surface area contributed by atoms with Gasteiger partial charge in [-0.1, -0.05) is 11.6 Å². The molecule has 2 rings (SSSR count). The van der Waals surface area contributed by atoms with Gasteiger partial charge in [0.05, 0.1) is 12.0 Å². The summed E-state index contributed by atoms with van der Waals surface area (Å²) < 4.78 is 5.63. The molecule has 100 valence electrons. The highest BCUT2D eigenvalue weighted by atomic mass is 35.5. The van der Waals surface area contributed by atoms with Crippen molar-refractivity contribution < 1.29 is 9.53 Å². The van der Waals surface area contributed by atoms with Crippen molar-refractivity contribution in [2.75, 3.05) is 13.6 Å². The number of ether oxygens (including phenoxy) is 1. The monoisotopic (exact) mass is 278 g/mol. The van der Waals surface area contributed by atoms with Crippen LogP contribution in [0.15, 0.2) is 18.2 Å². The Kier molecular flexibility index (Phi) is 3.96. The molecule has 1 aliphatic heterocycles. The topological polar surface area (TPSA) is 53.3 Å². The van der Waals surface area contributed by atoms with Crippen LogP contribution in [-0.2, 0) is 11.2 Å². The Morgan fingerprint density at radius 1 is 1.68 bits per heavy atom. The Morgan fingerprint density at radius 3 is 3.11 bits per heavy atom. The van der Waals surface area contributed by atoms with Crippen LogP contribution in [0.25, 0.3) is 0 Å². The Bertz CT molecular complexity index is 539. The lowest BCUT2D eigenvalue weighted by Crippen LogP contribution is -2.40. The van der Waals surface area contributed by atoms with Crippen LogP contribution in [0, 0.1) is 17.2 Å². The molecule has 1 aromatic carbocycles. The Labute approximate surface area is 117 Å². The standard InChI is InChI=1S/C14H15ClN2O2/c1-9(7-16)8-17(2)14(18)13-6-10-5-11(15)3-4-12(10)19-13/h3-5,9,13H,6,8H2,1-2H3. The molecule has 2 atom stereocenters. The molecule has 0 aromatic heterocycles. The average Bonchev–Trinajstić information content (AvgIpc) is 2.80. The molecule has 0 aliphatic carbocycles. The third-order valence-corrected chi connectivity index (χ3v) is 3.35. The van der Waals surface area contributed by atoms with Crippen LogP contribution in [0.1, 0.15) is 12.5 Å². The number of halogens is 1. The van der Waals surface area contributed by atoms with Gasteiger partial charge in [0.25, 0.3) is 5.91 Å². The molecule has 19 heavy (non-hydrogen) atoms. The molecule has 0 spiro atoms. The summed E-state index contributed by atoms with van der Waals surface area (Å²) in [7, 11) is 1.69. The van der Waals surface area contributed by atoms with Crippen molar-refractivity contribution in [2.45, 2.75) is 19.4 Å². The Balaban J connectivity index is 2.02. The molecule has 1 amide bonds. The van der Waals surface area contributed by atoms with Gasteiger partial charge in [0.15, 0.2) is 6.10 Å². The molecule has 0 saturated carbocycles. The maximum atomic E-state index is 12.2. The highest BCUT2D eigenvalue weighted by molar-refractivity contribution is 6.30. The van der Waals surface area contributed by atoms with Crippen molar-refractivity contribution in [3.05, 3.63) is 28.8 Å². The maximum Gasteiger partial charge on any atom is 0.263 e. The number of carbonyl (C=O) groups excluding carboxylic acids is 1. The van der Waals surface area contributed by atoms with Crippen molar-refractivity contribution in [3.8, 4) is 11.8 Å². The number of nitriles is 1. The molecular weight excluding hydrogens is 264 g/mol. The van der Waals surface area contributed by atoms with Crippen molar-refractivity contribution in [1.82, 2.24) is 4.90 Å². The zero-order valence-corrected chi connectivity index (χ0v) is 11.6. The van der Waals surface area contributed by atoms with Crippen LogP contribution in [0.3, 0.4) is 0 Å². The molecule has 0 N–H and O–H groups in total. The number of hydrogen-bond donors (Lipinski definition) is 0. The number of likely N-dealkylation sites (N-methyl/N-ethyl adjacent to an activating group) is 1. The molecule has 0 fully saturated rings. The molecule has 2 unspecified atom stereocenters. The lowest BCUT2D eigenvalue weighted by Gasteiger charge is -2.21. The van der Waals surface area contributed by atoms with E-state index in [9.17, 15) is 4.79 Å². The van der Waals surface area contributed by atoms with E-state index in [2.05, 4.69) is 6.07 Å². The minimum absolute atomic E-state index is 0.102. The molecule has 5 heteroatoms. The zero-order valence-electron chi connectivity index (χ0n) is 10.9. The first-order valence-corrected chi connectivity index (χ1v) is 6.48. The van der Waals surface area contributed by atoms with E-state index in [1.807, 2.05) is 6.07 Å². The largest absolute Gasteiger partial charge is 0.480 e. The molecule has 0 radical (unpaired) electrons. The summed E-state index contributed by atoms with van der Waals surface area (Å²) in [6, 6.07) is 7.46. The SMILES string of the molecule is CC(C#N)CN(C)C(=O)C1Cc2cc(Cl)ccc2O1. The molecular formula is C14H15ClN2O2. The summed E-state index contributed by atoms with van der Waals surface area (Å²) in [6.45, 7) is 2.19. The van der Waals surface area contributed by atoms with E-state index < -0.39 is 6.10 Å². The summed E-state index contributed by atoms with van der Waals surface area (Å²) in [4.78, 5) is 13.8. The van der Waals surface area contributed by atoms with Gasteiger partial charge in [-0.15, -0.1) is 0 Å². The van der Waals surface area contributed by atoms with Crippen molar-refractivity contribution >= 4 is 17.5 Å². The summed E-state index contributed by atoms with van der Waals surface area (Å²) in [5.74, 6) is 0.422. The van der Waals surface area contributed by atoms with E-state index >= 15 is 0 Å². The zero-order chi connectivity index (χ0) is 14.0. The van der Waals surface area contributed by atoms with Gasteiger partial charge in [-0.25, -0.2) is 0 Å². The third kappa shape index (κ3) is 2.99. The number of carbonyl (C=O) groups is 1. The molecule has 4 nitrogen and oxygen atoms in total. The highest BCUT2D eigenvalue weighted by Gasteiger charge is 2.31. The second kappa shape index (κ2) is 5.50. The van der Waals surface area contributed by atoms with Crippen LogP contribution in [0.4, 0.5) is 0 Å². The minimum atomic E-state index is -0.510. The second-order valence-corrected chi connectivity index (χ2v) is 5.25. The Morgan fingerprint density at radius 2 is 2.42 bits per heavy atom. The van der Waals surface area contributed by atoms with E-state index in [0.717, 1.165) is 5.56 Å². The van der Waals surface area contributed by atoms with Gasteiger partial charge in [-0.2, -0.15) is 5.26 Å². The normalized spacial score (nSPS) is 18.1. The molecule has 1 aliphatic rings. The summed E-state index contributed by atoms with van der Waals surface area (Å²) in [5, 5.41) is 9.41. The van der Waals surface area contributed by atoms with Gasteiger partial charge in [0.2, 0.25) is 0 Å². The lowest BCUT2D eigenvalue weighted by molar-refractivity contribution is -0.136. The van der Waals surface area contributed by atoms with Gasteiger partial charge in [0, 0.05) is 25.0 Å². The number of amides is 1. The fourth-order valence-corrected chi connectivity index (χ4v) is 2.34. The second-order valence-electron chi connectivity index (χ2n) is 4.81. The van der Waals surface area contributed by atoms with Gasteiger partial charge in [-0.05, 0) is 30.7 Å². The number of hydrogen-bond acceptors (Lipinski definition) is 3. The van der Waals surface area contributed by atoms with E-state index in [4.69, 9.17) is 21.6 Å². The number of nitrogens with zero attached hydrogens (tertiary/aromatic N) is 2. The van der Waals surface area contributed by atoms with Gasteiger partial charge in [0.1, 0.15) is 5.75 Å². The average molecular weight is 279 g/mol. The smallest absolute Gasteiger partial charge is 0.263 e. The van der Waals surface area contributed by atoms with Crippen LogP contribution < -0.4 is 4.74 Å². The van der Waals surface area contributed by atoms with E-state index in [-0.39, 0.29) is 11.8 Å². The summed E-state index contributed by atoms with van der Waals surface area (Å²) >= 11 is 5.91. The molecule has 0 saturated heterocycles. The lowest BCUT2D eigenvalue weighted by atomic mass is 10.1. The number of benzene rings is 1. The fraction of sp³-hybridized carbons (Fsp3) is 0.429. The highest BCUT2D eigenvalue weighted by Crippen LogP contribution is 2.31. The van der Waals surface area contributed by atoms with Crippen LogP contribution in [0.2, 0.25) is 5.02 Å². The number of fused-ring (bicyclic) bond motifs is 1.